The highest BCUT2D eigenvalue weighted by Gasteiger charge is 2.44. The molecule has 1 fully saturated rings. The van der Waals surface area contributed by atoms with Crippen molar-refractivity contribution >= 4 is 5.91 Å². The molecule has 1 aliphatic rings. The molecule has 1 heterocycles. The van der Waals surface area contributed by atoms with E-state index in [9.17, 15) is 30.3 Å². The van der Waals surface area contributed by atoms with Crippen LogP contribution >= 0.6 is 0 Å². The molecule has 0 saturated carbocycles. The lowest BCUT2D eigenvalue weighted by Crippen LogP contribution is -2.60. The van der Waals surface area contributed by atoms with E-state index in [-0.39, 0.29) is 12.5 Å². The first-order valence-electron chi connectivity index (χ1n) is 21.1. The molecule has 0 aromatic carbocycles. The summed E-state index contributed by atoms with van der Waals surface area (Å²) in [6.07, 6.45) is 31.0. The Bertz CT molecular complexity index is 853. The molecule has 1 rings (SSSR count). The molecule has 7 atom stereocenters. The normalized spacial score (nSPS) is 22.2. The molecule has 0 aliphatic carbocycles. The van der Waals surface area contributed by atoms with E-state index in [0.29, 0.717) is 6.42 Å². The molecule has 0 aromatic heterocycles. The maximum atomic E-state index is 12.9. The van der Waals surface area contributed by atoms with Crippen molar-refractivity contribution in [1.29, 1.82) is 0 Å². The lowest BCUT2D eigenvalue weighted by atomic mass is 9.99. The minimum Gasteiger partial charge on any atom is -0.394 e. The van der Waals surface area contributed by atoms with Gasteiger partial charge >= 0.3 is 0 Å². The second kappa shape index (κ2) is 33.3. The van der Waals surface area contributed by atoms with Crippen LogP contribution in [-0.4, -0.2) is 87.5 Å². The first-order chi connectivity index (χ1) is 24.8. The number of ether oxygens (including phenoxy) is 2. The Morgan fingerprint density at radius 1 is 0.667 bits per heavy atom. The van der Waals surface area contributed by atoms with Crippen LogP contribution in [0.2, 0.25) is 0 Å². The average Bonchev–Trinajstić information content (AvgIpc) is 3.13. The lowest BCUT2D eigenvalue weighted by Gasteiger charge is -2.40. The van der Waals surface area contributed by atoms with Gasteiger partial charge in [-0.05, 0) is 19.3 Å². The third-order valence-electron chi connectivity index (χ3n) is 10.1. The van der Waals surface area contributed by atoms with Gasteiger partial charge in [0, 0.05) is 6.42 Å². The SMILES string of the molecule is CCCCCCC/C=C/C=C/[C@@H](O)[C@H](CO[C@@H]1O[C@H](CO)[C@@H](O)C(O)C1O)NC(=O)CCCCCCCCCCCCCCCCCCCCC. The maximum Gasteiger partial charge on any atom is 0.220 e. The van der Waals surface area contributed by atoms with Gasteiger partial charge in [-0.2, -0.15) is 0 Å². The summed E-state index contributed by atoms with van der Waals surface area (Å²) in [5, 5.41) is 53.8. The van der Waals surface area contributed by atoms with E-state index in [1.807, 2.05) is 6.08 Å². The van der Waals surface area contributed by atoms with Crippen molar-refractivity contribution in [2.45, 2.75) is 224 Å². The van der Waals surface area contributed by atoms with Crippen molar-refractivity contribution in [2.75, 3.05) is 13.2 Å². The Morgan fingerprint density at radius 2 is 1.14 bits per heavy atom. The zero-order chi connectivity index (χ0) is 37.4. The van der Waals surface area contributed by atoms with Crippen molar-refractivity contribution in [3.05, 3.63) is 24.3 Å². The Balaban J connectivity index is 2.33. The standard InChI is InChI=1S/C42H79NO8/c1-3-5-7-9-11-13-14-15-16-17-18-19-20-21-22-24-26-28-30-32-38(46)43-35(36(45)31-29-27-25-23-12-10-8-6-4-2)34-50-42-41(49)40(48)39(47)37(33-44)51-42/h25,27,29,31,35-37,39-42,44-45,47-49H,3-24,26,28,30,32-34H2,1-2H3,(H,43,46)/b27-25+,31-29+/t35-,36+,37+,39+,40?,41?,42+/m0/s1. The molecule has 2 unspecified atom stereocenters. The lowest BCUT2D eigenvalue weighted by molar-refractivity contribution is -0.302. The number of amides is 1. The van der Waals surface area contributed by atoms with E-state index in [0.717, 1.165) is 32.1 Å². The number of hydrogen-bond acceptors (Lipinski definition) is 8. The number of allylic oxidation sites excluding steroid dienone is 3. The van der Waals surface area contributed by atoms with Crippen molar-refractivity contribution in [3.63, 3.8) is 0 Å². The van der Waals surface area contributed by atoms with Crippen molar-refractivity contribution < 1.29 is 39.8 Å². The molecule has 0 bridgehead atoms. The molecule has 0 spiro atoms. The number of unbranched alkanes of at least 4 members (excludes halogenated alkanes) is 23. The summed E-state index contributed by atoms with van der Waals surface area (Å²) in [5.41, 5.74) is 0. The summed E-state index contributed by atoms with van der Waals surface area (Å²) in [6.45, 7) is 3.69. The van der Waals surface area contributed by atoms with Crippen LogP contribution in [0.1, 0.15) is 181 Å². The molecule has 1 amide bonds. The summed E-state index contributed by atoms with van der Waals surface area (Å²) < 4.78 is 11.1. The molecule has 1 aliphatic heterocycles. The third-order valence-corrected chi connectivity index (χ3v) is 10.1. The van der Waals surface area contributed by atoms with Crippen LogP contribution in [0.25, 0.3) is 0 Å². The average molecular weight is 726 g/mol. The van der Waals surface area contributed by atoms with E-state index in [4.69, 9.17) is 9.47 Å². The number of nitrogens with one attached hydrogen (secondary N) is 1. The van der Waals surface area contributed by atoms with Crippen LogP contribution in [0.5, 0.6) is 0 Å². The summed E-state index contributed by atoms with van der Waals surface area (Å²) in [7, 11) is 0. The number of carbonyl (C=O) groups is 1. The van der Waals surface area contributed by atoms with Gasteiger partial charge in [0.2, 0.25) is 5.91 Å². The molecule has 300 valence electrons. The Morgan fingerprint density at radius 3 is 1.63 bits per heavy atom. The Labute approximate surface area is 311 Å². The van der Waals surface area contributed by atoms with E-state index in [1.54, 1.807) is 12.2 Å². The maximum absolute atomic E-state index is 12.9. The second-order valence-corrected chi connectivity index (χ2v) is 14.8. The molecule has 51 heavy (non-hydrogen) atoms. The highest BCUT2D eigenvalue weighted by atomic mass is 16.7. The van der Waals surface area contributed by atoms with Crippen molar-refractivity contribution in [3.8, 4) is 0 Å². The summed E-state index contributed by atoms with van der Waals surface area (Å²) in [6, 6.07) is -0.830. The number of aliphatic hydroxyl groups is 5. The van der Waals surface area contributed by atoms with Crippen molar-refractivity contribution in [2.24, 2.45) is 0 Å². The number of rotatable bonds is 34. The highest BCUT2D eigenvalue weighted by molar-refractivity contribution is 5.76. The van der Waals surface area contributed by atoms with Gasteiger partial charge in [0.05, 0.1) is 25.4 Å². The zero-order valence-corrected chi connectivity index (χ0v) is 32.6. The number of aliphatic hydroxyl groups excluding tert-OH is 5. The second-order valence-electron chi connectivity index (χ2n) is 14.8. The highest BCUT2D eigenvalue weighted by Crippen LogP contribution is 2.22. The van der Waals surface area contributed by atoms with Crippen LogP contribution < -0.4 is 5.32 Å². The largest absolute Gasteiger partial charge is 0.394 e. The number of hydrogen-bond donors (Lipinski definition) is 6. The molecule has 9 heteroatoms. The van der Waals surface area contributed by atoms with Gasteiger partial charge < -0.3 is 40.3 Å². The van der Waals surface area contributed by atoms with Gasteiger partial charge in [0.25, 0.3) is 0 Å². The van der Waals surface area contributed by atoms with Gasteiger partial charge in [0.1, 0.15) is 24.4 Å². The fraction of sp³-hybridized carbons (Fsp3) is 0.881. The van der Waals surface area contributed by atoms with E-state index in [2.05, 4.69) is 25.2 Å². The summed E-state index contributed by atoms with van der Waals surface area (Å²) in [5.74, 6) is -0.195. The van der Waals surface area contributed by atoms with Crippen LogP contribution in [0.15, 0.2) is 24.3 Å². The van der Waals surface area contributed by atoms with Gasteiger partial charge in [-0.15, -0.1) is 0 Å². The van der Waals surface area contributed by atoms with Crippen LogP contribution in [-0.2, 0) is 14.3 Å². The van der Waals surface area contributed by atoms with Crippen molar-refractivity contribution in [1.82, 2.24) is 5.32 Å². The van der Waals surface area contributed by atoms with E-state index < -0.39 is 49.5 Å². The van der Waals surface area contributed by atoms with Gasteiger partial charge in [0.15, 0.2) is 6.29 Å². The Kier molecular flexibility index (Phi) is 31.1. The van der Waals surface area contributed by atoms with E-state index >= 15 is 0 Å². The minimum absolute atomic E-state index is 0.195. The fourth-order valence-electron chi connectivity index (χ4n) is 6.62. The summed E-state index contributed by atoms with van der Waals surface area (Å²) in [4.78, 5) is 12.9. The molecular weight excluding hydrogens is 646 g/mol. The molecule has 6 N–H and O–H groups in total. The van der Waals surface area contributed by atoms with Gasteiger partial charge in [-0.3, -0.25) is 4.79 Å². The van der Waals surface area contributed by atoms with Crippen LogP contribution in [0.3, 0.4) is 0 Å². The first-order valence-corrected chi connectivity index (χ1v) is 21.1. The monoisotopic (exact) mass is 726 g/mol. The van der Waals surface area contributed by atoms with Crippen LogP contribution in [0, 0.1) is 0 Å². The summed E-state index contributed by atoms with van der Waals surface area (Å²) >= 11 is 0. The molecule has 0 aromatic rings. The molecule has 0 radical (unpaired) electrons. The van der Waals surface area contributed by atoms with Gasteiger partial charge in [-0.25, -0.2) is 0 Å². The first kappa shape index (κ1) is 47.7. The molecular formula is C42H79NO8. The van der Waals surface area contributed by atoms with Gasteiger partial charge in [-0.1, -0.05) is 179 Å². The zero-order valence-electron chi connectivity index (χ0n) is 32.6. The topological polar surface area (TPSA) is 149 Å². The number of carbonyl (C=O) groups excluding carboxylic acids is 1. The molecule has 9 nitrogen and oxygen atoms in total. The third kappa shape index (κ3) is 24.6. The quantitative estimate of drug-likeness (QED) is 0.0289. The smallest absolute Gasteiger partial charge is 0.220 e. The van der Waals surface area contributed by atoms with Crippen LogP contribution in [0.4, 0.5) is 0 Å². The Hall–Kier alpha value is -1.33. The predicted octanol–water partition coefficient (Wildman–Crippen LogP) is 7.94. The predicted molar refractivity (Wildman–Crippen MR) is 207 cm³/mol. The fourth-order valence-corrected chi connectivity index (χ4v) is 6.62. The van der Waals surface area contributed by atoms with E-state index in [1.165, 1.54) is 128 Å². The minimum atomic E-state index is -1.57. The molecule has 1 saturated heterocycles.